The Bertz CT molecular complexity index is 2310. The lowest BCUT2D eigenvalue weighted by atomic mass is 10.1. The van der Waals surface area contributed by atoms with E-state index in [4.69, 9.17) is 0 Å². The second-order valence-electron chi connectivity index (χ2n) is 13.4. The number of nitrogens with zero attached hydrogens (tertiary/aromatic N) is 5. The van der Waals surface area contributed by atoms with Crippen molar-refractivity contribution >= 4 is 82.2 Å². The maximum absolute atomic E-state index is 13.9. The van der Waals surface area contributed by atoms with Gasteiger partial charge < -0.3 is 25.3 Å². The van der Waals surface area contributed by atoms with E-state index in [1.807, 2.05) is 74.4 Å². The summed E-state index contributed by atoms with van der Waals surface area (Å²) in [5, 5.41) is 6.11. The number of carbonyl (C=O) groups excluding carboxylic acids is 2. The molecule has 2 aliphatic rings. The minimum Gasteiger partial charge on any atom is -0.378 e. The Morgan fingerprint density at radius 3 is 1.54 bits per heavy atom. The molecule has 4 aromatic carbocycles. The number of thiazole rings is 2. The summed E-state index contributed by atoms with van der Waals surface area (Å²) in [6.07, 6.45) is 3.31. The molecule has 2 aromatic heterocycles. The average molecular weight is 776 g/mol. The normalized spacial score (nSPS) is 16.8. The number of rotatable bonds is 7. The predicted octanol–water partition coefficient (Wildman–Crippen LogP) is 8.74. The molecule has 6 aromatic rings. The maximum Gasteiger partial charge on any atom is 0.248 e. The van der Waals surface area contributed by atoms with Crippen molar-refractivity contribution in [2.45, 2.75) is 44.7 Å². The molecule has 9 nitrogen and oxygen atoms in total. The lowest BCUT2D eigenvalue weighted by Gasteiger charge is -2.26. The van der Waals surface area contributed by atoms with Gasteiger partial charge in [-0.05, 0) is 81.1 Å². The van der Waals surface area contributed by atoms with Crippen molar-refractivity contribution in [1.29, 1.82) is 0 Å². The van der Waals surface area contributed by atoms with Gasteiger partial charge in [0.1, 0.15) is 34.8 Å². The summed E-state index contributed by atoms with van der Waals surface area (Å²) in [5.41, 5.74) is 4.40. The summed E-state index contributed by atoms with van der Waals surface area (Å²) in [6, 6.07) is 19.5. The van der Waals surface area contributed by atoms with Crippen LogP contribution in [0.3, 0.4) is 0 Å². The molecule has 0 bridgehead atoms. The fourth-order valence-electron chi connectivity index (χ4n) is 6.77. The van der Waals surface area contributed by atoms with E-state index in [0.29, 0.717) is 9.40 Å². The topological polar surface area (TPSA) is 93.7 Å². The SMILES string of the molecule is CN(C)c1ccc(N2CCCC2C(=O)Nc2nc3c(F)cc(F)cc3s2)cc1.Cc1ccc(N2CCCC2C(=O)Nc2nc3c(F)cc(F)cc3s2)cc1. The Morgan fingerprint density at radius 2 is 1.11 bits per heavy atom. The third-order valence-electron chi connectivity index (χ3n) is 9.46. The first-order chi connectivity index (χ1) is 25.9. The number of aromatic nitrogens is 2. The van der Waals surface area contributed by atoms with Crippen molar-refractivity contribution in [3.05, 3.63) is 102 Å². The van der Waals surface area contributed by atoms with E-state index in [1.165, 1.54) is 12.1 Å². The molecule has 2 saturated heterocycles. The third-order valence-corrected chi connectivity index (χ3v) is 11.3. The highest BCUT2D eigenvalue weighted by atomic mass is 32.1. The van der Waals surface area contributed by atoms with Crippen molar-refractivity contribution < 1.29 is 27.2 Å². The number of halogens is 4. The van der Waals surface area contributed by atoms with Gasteiger partial charge in [0.05, 0.1) is 9.40 Å². The largest absolute Gasteiger partial charge is 0.378 e. The number of benzene rings is 4. The van der Waals surface area contributed by atoms with Crippen LogP contribution in [-0.2, 0) is 9.59 Å². The van der Waals surface area contributed by atoms with Gasteiger partial charge in [-0.1, -0.05) is 40.4 Å². The van der Waals surface area contributed by atoms with Crippen LogP contribution in [0, 0.1) is 30.2 Å². The molecule has 54 heavy (non-hydrogen) atoms. The first-order valence-corrected chi connectivity index (χ1v) is 19.1. The highest BCUT2D eigenvalue weighted by Crippen LogP contribution is 2.33. The highest BCUT2D eigenvalue weighted by Gasteiger charge is 2.33. The number of anilines is 5. The van der Waals surface area contributed by atoms with E-state index in [1.54, 1.807) is 0 Å². The van der Waals surface area contributed by atoms with Gasteiger partial charge in [0.2, 0.25) is 11.8 Å². The minimum atomic E-state index is -0.727. The molecule has 8 rings (SSSR count). The second-order valence-corrected chi connectivity index (χ2v) is 15.5. The van der Waals surface area contributed by atoms with Crippen LogP contribution in [0.4, 0.5) is 44.9 Å². The fraction of sp³-hybridized carbons (Fsp3) is 0.282. The van der Waals surface area contributed by atoms with Crippen molar-refractivity contribution in [2.75, 3.05) is 52.5 Å². The second kappa shape index (κ2) is 15.6. The number of hydrogen-bond acceptors (Lipinski definition) is 9. The lowest BCUT2D eigenvalue weighted by molar-refractivity contribution is -0.118. The summed E-state index contributed by atoms with van der Waals surface area (Å²) < 4.78 is 55.1. The molecule has 0 aliphatic carbocycles. The van der Waals surface area contributed by atoms with Crippen LogP contribution < -0.4 is 25.3 Å². The van der Waals surface area contributed by atoms with Crippen LogP contribution in [-0.4, -0.2) is 61.1 Å². The molecule has 2 N–H and O–H groups in total. The lowest BCUT2D eigenvalue weighted by Crippen LogP contribution is -2.39. The van der Waals surface area contributed by atoms with Gasteiger partial charge in [0.15, 0.2) is 21.9 Å². The molecule has 2 amide bonds. The molecule has 15 heteroatoms. The van der Waals surface area contributed by atoms with Gasteiger partial charge >= 0.3 is 0 Å². The monoisotopic (exact) mass is 775 g/mol. The van der Waals surface area contributed by atoms with Crippen LogP contribution in [0.5, 0.6) is 0 Å². The third kappa shape index (κ3) is 7.97. The highest BCUT2D eigenvalue weighted by molar-refractivity contribution is 7.22. The van der Waals surface area contributed by atoms with Gasteiger partial charge in [-0.25, -0.2) is 27.5 Å². The number of carbonyl (C=O) groups is 2. The summed E-state index contributed by atoms with van der Waals surface area (Å²) >= 11 is 2.14. The molecule has 4 heterocycles. The zero-order chi connectivity index (χ0) is 38.1. The molecule has 0 spiro atoms. The molecular weight excluding hydrogens is 739 g/mol. The van der Waals surface area contributed by atoms with Crippen LogP contribution >= 0.6 is 22.7 Å². The van der Waals surface area contributed by atoms with Gasteiger partial charge in [-0.2, -0.15) is 0 Å². The molecule has 2 aliphatic heterocycles. The minimum absolute atomic E-state index is 0.0734. The quantitative estimate of drug-likeness (QED) is 0.157. The summed E-state index contributed by atoms with van der Waals surface area (Å²) in [4.78, 5) is 40.0. The van der Waals surface area contributed by atoms with Crippen LogP contribution in [0.1, 0.15) is 31.2 Å². The van der Waals surface area contributed by atoms with Crippen LogP contribution in [0.25, 0.3) is 20.4 Å². The van der Waals surface area contributed by atoms with E-state index in [9.17, 15) is 27.2 Å². The zero-order valence-corrected chi connectivity index (χ0v) is 31.3. The number of nitrogens with one attached hydrogen (secondary N) is 2. The van der Waals surface area contributed by atoms with Crippen LogP contribution in [0.2, 0.25) is 0 Å². The Balaban J connectivity index is 0.000000167. The summed E-state index contributed by atoms with van der Waals surface area (Å²) in [7, 11) is 3.96. The average Bonchev–Trinajstić information content (AvgIpc) is 3.95. The first kappa shape index (κ1) is 37.1. The fourth-order valence-corrected chi connectivity index (χ4v) is 8.59. The number of hydrogen-bond donors (Lipinski definition) is 2. The van der Waals surface area contributed by atoms with E-state index < -0.39 is 23.3 Å². The molecule has 2 unspecified atom stereocenters. The van der Waals surface area contributed by atoms with Crippen molar-refractivity contribution in [3.8, 4) is 0 Å². The van der Waals surface area contributed by atoms with E-state index in [-0.39, 0.29) is 45.2 Å². The standard InChI is InChI=1S/C20H20F2N4OS.C19H17F2N3OS/c1-25(2)13-5-7-14(8-6-13)26-9-3-4-16(26)19(27)24-20-23-18-15(22)10-12(21)11-17(18)28-20;1-11-4-6-13(7-5-11)24-8-2-3-15(24)18(25)23-19-22-17-14(21)9-12(20)10-16(17)26-19/h5-8,10-11,16H,3-4,9H2,1-2H3,(H,23,24,27);4-7,9-10,15H,2-3,8H2,1H3,(H,22,23,25). The first-order valence-electron chi connectivity index (χ1n) is 17.4. The van der Waals surface area contributed by atoms with E-state index >= 15 is 0 Å². The van der Waals surface area contributed by atoms with Crippen molar-refractivity contribution in [3.63, 3.8) is 0 Å². The molecule has 2 fully saturated rings. The van der Waals surface area contributed by atoms with Crippen LogP contribution in [0.15, 0.2) is 72.8 Å². The molecule has 2 atom stereocenters. The van der Waals surface area contributed by atoms with E-state index in [0.717, 1.165) is 96.2 Å². The Labute approximate surface area is 317 Å². The predicted molar refractivity (Wildman–Crippen MR) is 209 cm³/mol. The van der Waals surface area contributed by atoms with E-state index in [2.05, 4.69) is 30.4 Å². The smallest absolute Gasteiger partial charge is 0.248 e. The number of fused-ring (bicyclic) bond motifs is 2. The Hall–Kier alpha value is -5.28. The maximum atomic E-state index is 13.9. The van der Waals surface area contributed by atoms with Gasteiger partial charge in [0.25, 0.3) is 0 Å². The molecule has 0 radical (unpaired) electrons. The zero-order valence-electron chi connectivity index (χ0n) is 29.7. The van der Waals surface area contributed by atoms with Gasteiger partial charge in [0, 0.05) is 56.4 Å². The van der Waals surface area contributed by atoms with Gasteiger partial charge in [-0.3, -0.25) is 9.59 Å². The molecule has 280 valence electrons. The van der Waals surface area contributed by atoms with Gasteiger partial charge in [-0.15, -0.1) is 0 Å². The Morgan fingerprint density at radius 1 is 0.685 bits per heavy atom. The number of amides is 2. The molecule has 0 saturated carbocycles. The van der Waals surface area contributed by atoms with Crippen molar-refractivity contribution in [1.82, 2.24) is 9.97 Å². The Kier molecular flexibility index (Phi) is 10.7. The summed E-state index contributed by atoms with van der Waals surface area (Å²) in [5.74, 6) is -3.13. The number of aryl methyl sites for hydroxylation is 1. The van der Waals surface area contributed by atoms with Crippen molar-refractivity contribution in [2.24, 2.45) is 0 Å². The summed E-state index contributed by atoms with van der Waals surface area (Å²) in [6.45, 7) is 3.62. The molecular formula is C39H37F4N7O2S2.